The first kappa shape index (κ1) is 12.2. The van der Waals surface area contributed by atoms with Gasteiger partial charge in [-0.15, -0.1) is 0 Å². The lowest BCUT2D eigenvalue weighted by Gasteiger charge is -2.29. The zero-order chi connectivity index (χ0) is 11.5. The Morgan fingerprint density at radius 3 is 2.60 bits per heavy atom. The second kappa shape index (κ2) is 4.77. The number of hydrogen-bond acceptors (Lipinski definition) is 3. The lowest BCUT2D eigenvalue weighted by atomic mass is 9.84. The maximum atomic E-state index is 5.57. The lowest BCUT2D eigenvalue weighted by Crippen LogP contribution is -2.45. The fourth-order valence-electron chi connectivity index (χ4n) is 1.54. The lowest BCUT2D eigenvalue weighted by molar-refractivity contribution is 0.269. The third-order valence-electron chi connectivity index (χ3n) is 2.70. The van der Waals surface area contributed by atoms with E-state index in [2.05, 4.69) is 44.4 Å². The van der Waals surface area contributed by atoms with E-state index in [0.29, 0.717) is 0 Å². The number of hydrazine groups is 1. The molecule has 0 spiro atoms. The number of aryl methyl sites for hydroxylation is 1. The van der Waals surface area contributed by atoms with Gasteiger partial charge in [0, 0.05) is 18.8 Å². The largest absolute Gasteiger partial charge is 0.273 e. The molecule has 1 unspecified atom stereocenters. The molecule has 3 N–H and O–H groups in total. The molecule has 0 bridgehead atoms. The number of nitrogens with one attached hydrogen (secondary N) is 1. The van der Waals surface area contributed by atoms with E-state index in [0.717, 1.165) is 13.0 Å². The van der Waals surface area contributed by atoms with Crippen molar-refractivity contribution in [3.63, 3.8) is 0 Å². The normalized spacial score (nSPS) is 14.2. The molecule has 0 fully saturated rings. The highest BCUT2D eigenvalue weighted by Crippen LogP contribution is 2.21. The van der Waals surface area contributed by atoms with Gasteiger partial charge in [-0.3, -0.25) is 16.0 Å². The molecule has 0 aromatic carbocycles. The van der Waals surface area contributed by atoms with Crippen molar-refractivity contribution in [2.24, 2.45) is 11.3 Å². The molecule has 0 saturated carbocycles. The zero-order valence-corrected chi connectivity index (χ0v) is 10.1. The molecular formula is C11H22N4. The van der Waals surface area contributed by atoms with Gasteiger partial charge >= 0.3 is 0 Å². The standard InChI is InChI=1S/C11H22N4/c1-5-15-8-9(7-13-15)6-10(14-12)11(2,3)4/h7-8,10,14H,5-6,12H2,1-4H3. The highest BCUT2D eigenvalue weighted by Gasteiger charge is 2.23. The number of aromatic nitrogens is 2. The fourth-order valence-corrected chi connectivity index (χ4v) is 1.54. The van der Waals surface area contributed by atoms with Crippen molar-refractivity contribution in [2.45, 2.75) is 46.7 Å². The van der Waals surface area contributed by atoms with E-state index in [1.54, 1.807) is 0 Å². The van der Waals surface area contributed by atoms with Gasteiger partial charge in [0.05, 0.1) is 6.20 Å². The summed E-state index contributed by atoms with van der Waals surface area (Å²) in [6.07, 6.45) is 4.91. The van der Waals surface area contributed by atoms with E-state index in [9.17, 15) is 0 Å². The molecule has 1 aromatic rings. The van der Waals surface area contributed by atoms with E-state index in [1.165, 1.54) is 5.56 Å². The van der Waals surface area contributed by atoms with Crippen LogP contribution in [-0.2, 0) is 13.0 Å². The summed E-state index contributed by atoms with van der Waals surface area (Å²) in [6, 6.07) is 0.270. The molecule has 15 heavy (non-hydrogen) atoms. The molecule has 0 aliphatic carbocycles. The number of rotatable bonds is 4. The van der Waals surface area contributed by atoms with Crippen LogP contribution in [0.2, 0.25) is 0 Å². The summed E-state index contributed by atoms with van der Waals surface area (Å²) in [5, 5.41) is 4.25. The predicted octanol–water partition coefficient (Wildman–Crippen LogP) is 1.32. The first-order valence-corrected chi connectivity index (χ1v) is 5.44. The van der Waals surface area contributed by atoms with Gasteiger partial charge in [0.15, 0.2) is 0 Å². The smallest absolute Gasteiger partial charge is 0.0522 e. The minimum Gasteiger partial charge on any atom is -0.273 e. The average molecular weight is 210 g/mol. The first-order chi connectivity index (χ1) is 6.97. The highest BCUT2D eigenvalue weighted by molar-refractivity contribution is 5.07. The van der Waals surface area contributed by atoms with Gasteiger partial charge < -0.3 is 0 Å². The molecular weight excluding hydrogens is 188 g/mol. The predicted molar refractivity (Wildman–Crippen MR) is 62.2 cm³/mol. The van der Waals surface area contributed by atoms with Crippen molar-refractivity contribution in [3.05, 3.63) is 18.0 Å². The summed E-state index contributed by atoms with van der Waals surface area (Å²) in [5.41, 5.74) is 4.27. The molecule has 0 aliphatic rings. The molecule has 0 saturated heterocycles. The molecule has 0 amide bonds. The molecule has 1 atom stereocenters. The van der Waals surface area contributed by atoms with Crippen molar-refractivity contribution < 1.29 is 0 Å². The van der Waals surface area contributed by atoms with Crippen LogP contribution in [0.3, 0.4) is 0 Å². The Kier molecular flexibility index (Phi) is 3.88. The van der Waals surface area contributed by atoms with Crippen LogP contribution in [0.15, 0.2) is 12.4 Å². The summed E-state index contributed by atoms with van der Waals surface area (Å²) in [6.45, 7) is 9.54. The third kappa shape index (κ3) is 3.32. The maximum Gasteiger partial charge on any atom is 0.0522 e. The van der Waals surface area contributed by atoms with Gasteiger partial charge in [0.25, 0.3) is 0 Å². The van der Waals surface area contributed by atoms with Crippen LogP contribution in [0.4, 0.5) is 0 Å². The van der Waals surface area contributed by atoms with E-state index >= 15 is 0 Å². The zero-order valence-electron chi connectivity index (χ0n) is 10.1. The second-order valence-corrected chi connectivity index (χ2v) is 4.99. The molecule has 1 aromatic heterocycles. The van der Waals surface area contributed by atoms with E-state index in [-0.39, 0.29) is 11.5 Å². The van der Waals surface area contributed by atoms with Crippen molar-refractivity contribution in [1.29, 1.82) is 0 Å². The highest BCUT2D eigenvalue weighted by atomic mass is 15.3. The molecule has 4 heteroatoms. The molecule has 1 heterocycles. The number of hydrogen-bond donors (Lipinski definition) is 2. The van der Waals surface area contributed by atoms with Gasteiger partial charge in [-0.25, -0.2) is 0 Å². The maximum absolute atomic E-state index is 5.57. The van der Waals surface area contributed by atoms with Crippen LogP contribution in [-0.4, -0.2) is 15.8 Å². The van der Waals surface area contributed by atoms with Gasteiger partial charge in [0.1, 0.15) is 0 Å². The summed E-state index contributed by atoms with van der Waals surface area (Å²) >= 11 is 0. The number of nitrogens with two attached hydrogens (primary N) is 1. The van der Waals surface area contributed by atoms with Crippen LogP contribution in [0.1, 0.15) is 33.3 Å². The summed E-state index contributed by atoms with van der Waals surface area (Å²) < 4.78 is 1.94. The van der Waals surface area contributed by atoms with Gasteiger partial charge in [-0.1, -0.05) is 20.8 Å². The fraction of sp³-hybridized carbons (Fsp3) is 0.727. The Labute approximate surface area is 91.8 Å². The monoisotopic (exact) mass is 210 g/mol. The minimum absolute atomic E-state index is 0.156. The van der Waals surface area contributed by atoms with Crippen LogP contribution in [0.25, 0.3) is 0 Å². The van der Waals surface area contributed by atoms with E-state index in [4.69, 9.17) is 5.84 Å². The summed E-state index contributed by atoms with van der Waals surface area (Å²) in [5.74, 6) is 5.57. The van der Waals surface area contributed by atoms with Crippen LogP contribution >= 0.6 is 0 Å². The molecule has 0 radical (unpaired) electrons. The minimum atomic E-state index is 0.156. The quantitative estimate of drug-likeness (QED) is 0.582. The Morgan fingerprint density at radius 1 is 1.53 bits per heavy atom. The SMILES string of the molecule is CCn1cc(CC(NN)C(C)(C)C)cn1. The van der Waals surface area contributed by atoms with Crippen LogP contribution < -0.4 is 11.3 Å². The van der Waals surface area contributed by atoms with Gasteiger partial charge in [-0.2, -0.15) is 5.10 Å². The van der Waals surface area contributed by atoms with E-state index < -0.39 is 0 Å². The van der Waals surface area contributed by atoms with Crippen LogP contribution in [0.5, 0.6) is 0 Å². The van der Waals surface area contributed by atoms with E-state index in [1.807, 2.05) is 10.9 Å². The Morgan fingerprint density at radius 2 is 2.20 bits per heavy atom. The van der Waals surface area contributed by atoms with Crippen LogP contribution in [0, 0.1) is 5.41 Å². The summed E-state index contributed by atoms with van der Waals surface area (Å²) in [4.78, 5) is 0. The molecule has 1 rings (SSSR count). The van der Waals surface area contributed by atoms with Gasteiger partial charge in [-0.05, 0) is 24.3 Å². The second-order valence-electron chi connectivity index (χ2n) is 4.99. The Balaban J connectivity index is 2.67. The molecule has 0 aliphatic heterocycles. The van der Waals surface area contributed by atoms with Crippen molar-refractivity contribution >= 4 is 0 Å². The van der Waals surface area contributed by atoms with Crippen molar-refractivity contribution in [3.8, 4) is 0 Å². The first-order valence-electron chi connectivity index (χ1n) is 5.44. The Hall–Kier alpha value is -0.870. The Bertz CT molecular complexity index is 298. The number of nitrogens with zero attached hydrogens (tertiary/aromatic N) is 2. The van der Waals surface area contributed by atoms with Crippen molar-refractivity contribution in [1.82, 2.24) is 15.2 Å². The molecule has 4 nitrogen and oxygen atoms in total. The summed E-state index contributed by atoms with van der Waals surface area (Å²) in [7, 11) is 0. The topological polar surface area (TPSA) is 55.9 Å². The van der Waals surface area contributed by atoms with Gasteiger partial charge in [0.2, 0.25) is 0 Å². The average Bonchev–Trinajstić information content (AvgIpc) is 2.59. The van der Waals surface area contributed by atoms with Crippen molar-refractivity contribution in [2.75, 3.05) is 0 Å². The third-order valence-corrected chi connectivity index (χ3v) is 2.70. The molecule has 86 valence electrons.